The first-order valence-electron chi connectivity index (χ1n) is 6.21. The van der Waals surface area contributed by atoms with Gasteiger partial charge >= 0.3 is 0 Å². The highest BCUT2D eigenvalue weighted by atomic mass is 35.5. The topological polar surface area (TPSA) is 32.3 Å². The molecule has 0 aliphatic heterocycles. The molecule has 0 aromatic heterocycles. The Balaban J connectivity index is 2.12. The Morgan fingerprint density at radius 2 is 1.71 bits per heavy atom. The van der Waals surface area contributed by atoms with E-state index in [4.69, 9.17) is 46.4 Å². The first-order chi connectivity index (χ1) is 9.88. The number of halogens is 4. The predicted molar refractivity (Wildman–Crippen MR) is 91.1 cm³/mol. The van der Waals surface area contributed by atoms with E-state index in [1.54, 1.807) is 30.3 Å². The molecule has 0 bridgehead atoms. The van der Waals surface area contributed by atoms with Gasteiger partial charge in [-0.25, -0.2) is 0 Å². The first-order valence-corrected chi connectivity index (χ1v) is 7.72. The molecule has 1 unspecified atom stereocenters. The third-order valence-electron chi connectivity index (χ3n) is 3.05. The maximum atomic E-state index is 10.2. The molecule has 0 amide bonds. The highest BCUT2D eigenvalue weighted by Gasteiger charge is 2.13. The van der Waals surface area contributed by atoms with Gasteiger partial charge in [0, 0.05) is 27.2 Å². The van der Waals surface area contributed by atoms with Crippen LogP contribution in [0.5, 0.6) is 0 Å². The van der Waals surface area contributed by atoms with Gasteiger partial charge in [-0.15, -0.1) is 0 Å². The zero-order chi connectivity index (χ0) is 15.6. The number of aliphatic hydroxyl groups excluding tert-OH is 1. The first kappa shape index (κ1) is 16.7. The van der Waals surface area contributed by atoms with E-state index in [0.717, 1.165) is 5.56 Å². The molecular weight excluding hydrogens is 352 g/mol. The lowest BCUT2D eigenvalue weighted by atomic mass is 10.1. The summed E-state index contributed by atoms with van der Waals surface area (Å²) in [6.45, 7) is 2.11. The van der Waals surface area contributed by atoms with Crippen LogP contribution in [-0.4, -0.2) is 11.7 Å². The van der Waals surface area contributed by atoms with Gasteiger partial charge in [-0.3, -0.25) is 0 Å². The Hall–Kier alpha value is -0.640. The van der Waals surface area contributed by atoms with Crippen LogP contribution >= 0.6 is 46.4 Å². The van der Waals surface area contributed by atoms with Gasteiger partial charge in [0.05, 0.1) is 16.8 Å². The van der Waals surface area contributed by atoms with E-state index in [1.807, 2.05) is 6.92 Å². The summed E-state index contributed by atoms with van der Waals surface area (Å²) in [4.78, 5) is 0. The van der Waals surface area contributed by atoms with E-state index in [1.165, 1.54) is 0 Å². The van der Waals surface area contributed by atoms with Crippen LogP contribution in [0, 0.1) is 6.92 Å². The second-order valence-electron chi connectivity index (χ2n) is 4.64. The van der Waals surface area contributed by atoms with Crippen molar-refractivity contribution in [2.45, 2.75) is 13.0 Å². The van der Waals surface area contributed by atoms with Gasteiger partial charge in [-0.2, -0.15) is 0 Å². The minimum Gasteiger partial charge on any atom is -0.387 e. The summed E-state index contributed by atoms with van der Waals surface area (Å²) in [7, 11) is 0. The van der Waals surface area contributed by atoms with E-state index < -0.39 is 6.10 Å². The van der Waals surface area contributed by atoms with E-state index in [0.29, 0.717) is 31.3 Å². The van der Waals surface area contributed by atoms with Gasteiger partial charge in [0.15, 0.2) is 0 Å². The van der Waals surface area contributed by atoms with Gasteiger partial charge in [-0.05, 0) is 42.8 Å². The second kappa shape index (κ2) is 7.08. The highest BCUT2D eigenvalue weighted by Crippen LogP contribution is 2.30. The van der Waals surface area contributed by atoms with Crippen LogP contribution in [0.1, 0.15) is 17.2 Å². The van der Waals surface area contributed by atoms with Crippen molar-refractivity contribution in [3.8, 4) is 0 Å². The van der Waals surface area contributed by atoms with Crippen molar-refractivity contribution in [1.82, 2.24) is 0 Å². The zero-order valence-corrected chi connectivity index (χ0v) is 14.2. The van der Waals surface area contributed by atoms with Crippen LogP contribution in [0.4, 0.5) is 5.69 Å². The van der Waals surface area contributed by atoms with E-state index >= 15 is 0 Å². The summed E-state index contributed by atoms with van der Waals surface area (Å²) in [5.74, 6) is 0. The Kier molecular flexibility index (Phi) is 5.64. The maximum Gasteiger partial charge on any atom is 0.0977 e. The number of hydrogen-bond donors (Lipinski definition) is 2. The number of anilines is 1. The summed E-state index contributed by atoms with van der Waals surface area (Å²) < 4.78 is 0. The summed E-state index contributed by atoms with van der Waals surface area (Å²) in [6, 6.07) is 8.46. The number of aliphatic hydroxyl groups is 1. The van der Waals surface area contributed by atoms with Crippen molar-refractivity contribution < 1.29 is 5.11 Å². The van der Waals surface area contributed by atoms with E-state index in [2.05, 4.69) is 5.32 Å². The largest absolute Gasteiger partial charge is 0.387 e. The van der Waals surface area contributed by atoms with Gasteiger partial charge < -0.3 is 10.4 Å². The van der Waals surface area contributed by atoms with Crippen LogP contribution in [0.15, 0.2) is 30.3 Å². The third kappa shape index (κ3) is 4.18. The van der Waals surface area contributed by atoms with Gasteiger partial charge in [0.1, 0.15) is 0 Å². The molecule has 112 valence electrons. The van der Waals surface area contributed by atoms with E-state index in [9.17, 15) is 5.11 Å². The van der Waals surface area contributed by atoms with Crippen molar-refractivity contribution in [1.29, 1.82) is 0 Å². The molecule has 2 N–H and O–H groups in total. The molecule has 0 saturated carbocycles. The lowest BCUT2D eigenvalue weighted by Crippen LogP contribution is -2.13. The highest BCUT2D eigenvalue weighted by molar-refractivity contribution is 6.35. The van der Waals surface area contributed by atoms with Crippen LogP contribution in [-0.2, 0) is 0 Å². The number of aryl methyl sites for hydroxylation is 1. The summed E-state index contributed by atoms with van der Waals surface area (Å²) in [6.07, 6.45) is -0.813. The Morgan fingerprint density at radius 1 is 1.00 bits per heavy atom. The quantitative estimate of drug-likeness (QED) is 0.723. The molecule has 2 nitrogen and oxygen atoms in total. The smallest absolute Gasteiger partial charge is 0.0977 e. The van der Waals surface area contributed by atoms with Crippen molar-refractivity contribution in [3.05, 3.63) is 61.5 Å². The van der Waals surface area contributed by atoms with Crippen LogP contribution in [0.25, 0.3) is 0 Å². The van der Waals surface area contributed by atoms with Crippen molar-refractivity contribution in [3.63, 3.8) is 0 Å². The fourth-order valence-electron chi connectivity index (χ4n) is 1.87. The predicted octanol–water partition coefficient (Wildman–Crippen LogP) is 5.75. The van der Waals surface area contributed by atoms with Crippen molar-refractivity contribution in [2.75, 3.05) is 11.9 Å². The zero-order valence-electron chi connectivity index (χ0n) is 11.1. The van der Waals surface area contributed by atoms with Gasteiger partial charge in [-0.1, -0.05) is 46.4 Å². The third-order valence-corrected chi connectivity index (χ3v) is 4.35. The summed E-state index contributed by atoms with van der Waals surface area (Å²) in [5, 5.41) is 15.4. The van der Waals surface area contributed by atoms with Crippen LogP contribution in [0.2, 0.25) is 20.1 Å². The fraction of sp³-hybridized carbons (Fsp3) is 0.200. The summed E-state index contributed by atoms with van der Waals surface area (Å²) >= 11 is 24.2. The van der Waals surface area contributed by atoms with Crippen molar-refractivity contribution >= 4 is 52.1 Å². The molecule has 6 heteroatoms. The SMILES string of the molecule is Cc1cc(Cl)c(NCC(O)c2cc(Cl)ccc2Cl)cc1Cl. The molecule has 1 atom stereocenters. The summed E-state index contributed by atoms with van der Waals surface area (Å²) in [5.41, 5.74) is 2.11. The van der Waals surface area contributed by atoms with Gasteiger partial charge in [0.25, 0.3) is 0 Å². The molecule has 2 aromatic carbocycles. The molecular formula is C15H13Cl4NO. The normalized spacial score (nSPS) is 12.3. The molecule has 0 aliphatic rings. The van der Waals surface area contributed by atoms with E-state index in [-0.39, 0.29) is 6.54 Å². The molecule has 2 aromatic rings. The molecule has 21 heavy (non-hydrogen) atoms. The van der Waals surface area contributed by atoms with Crippen LogP contribution < -0.4 is 5.32 Å². The minimum absolute atomic E-state index is 0.235. The average Bonchev–Trinajstić information content (AvgIpc) is 2.43. The van der Waals surface area contributed by atoms with Gasteiger partial charge in [0.2, 0.25) is 0 Å². The molecule has 0 radical (unpaired) electrons. The Labute approximate surface area is 143 Å². The maximum absolute atomic E-state index is 10.2. The fourth-order valence-corrected chi connectivity index (χ4v) is 2.74. The van der Waals surface area contributed by atoms with Crippen molar-refractivity contribution in [2.24, 2.45) is 0 Å². The number of nitrogens with one attached hydrogen (secondary N) is 1. The molecule has 0 heterocycles. The lowest BCUT2D eigenvalue weighted by Gasteiger charge is -2.16. The standard InChI is InChI=1S/C15H13Cl4NO/c1-8-4-13(19)14(6-12(8)18)20-7-15(21)10-5-9(16)2-3-11(10)17/h2-6,15,20-21H,7H2,1H3. The molecule has 2 rings (SSSR count). The monoisotopic (exact) mass is 363 g/mol. The lowest BCUT2D eigenvalue weighted by molar-refractivity contribution is 0.192. The molecule has 0 spiro atoms. The number of hydrogen-bond acceptors (Lipinski definition) is 2. The number of rotatable bonds is 4. The van der Waals surface area contributed by atoms with Crippen LogP contribution in [0.3, 0.4) is 0 Å². The molecule has 0 fully saturated rings. The molecule has 0 aliphatic carbocycles. The average molecular weight is 365 g/mol. The minimum atomic E-state index is -0.813. The Bertz CT molecular complexity index is 660. The molecule has 0 saturated heterocycles. The number of benzene rings is 2. The Morgan fingerprint density at radius 3 is 2.43 bits per heavy atom. The second-order valence-corrected chi connectivity index (χ2v) is 6.30.